The lowest BCUT2D eigenvalue weighted by atomic mass is 10.1. The molecule has 3 rings (SSSR count). The van der Waals surface area contributed by atoms with Crippen molar-refractivity contribution >= 4 is 23.6 Å². The molecule has 0 N–H and O–H groups in total. The van der Waals surface area contributed by atoms with Crippen LogP contribution in [0, 0.1) is 0 Å². The number of pyridine rings is 1. The number of rotatable bonds is 7. The van der Waals surface area contributed by atoms with Crippen LogP contribution in [0.1, 0.15) is 17.3 Å². The van der Waals surface area contributed by atoms with Crippen molar-refractivity contribution < 1.29 is 38.1 Å². The van der Waals surface area contributed by atoms with Gasteiger partial charge in [-0.1, -0.05) is 6.07 Å². The summed E-state index contributed by atoms with van der Waals surface area (Å²) in [5.41, 5.74) is 0.868. The van der Waals surface area contributed by atoms with Crippen LogP contribution in [0.4, 0.5) is 5.69 Å². The van der Waals surface area contributed by atoms with Gasteiger partial charge in [0.25, 0.3) is 0 Å². The van der Waals surface area contributed by atoms with Crippen LogP contribution < -0.4 is 9.64 Å². The third-order valence-corrected chi connectivity index (χ3v) is 4.43. The molecule has 1 aliphatic heterocycles. The van der Waals surface area contributed by atoms with E-state index < -0.39 is 17.9 Å². The third-order valence-electron chi connectivity index (χ3n) is 4.43. The molecule has 0 amide bonds. The summed E-state index contributed by atoms with van der Waals surface area (Å²) in [5.74, 6) is -1.32. The van der Waals surface area contributed by atoms with Crippen molar-refractivity contribution in [3.63, 3.8) is 0 Å². The molecule has 10 nitrogen and oxygen atoms in total. The summed E-state index contributed by atoms with van der Waals surface area (Å²) in [7, 11) is 2.44. The van der Waals surface area contributed by atoms with Gasteiger partial charge in [0, 0.05) is 24.0 Å². The van der Waals surface area contributed by atoms with Gasteiger partial charge in [-0.2, -0.15) is 0 Å². The maximum atomic E-state index is 12.4. The summed E-state index contributed by atoms with van der Waals surface area (Å²) in [6.07, 6.45) is 1.44. The molecule has 1 aliphatic rings. The van der Waals surface area contributed by atoms with Gasteiger partial charge < -0.3 is 28.6 Å². The van der Waals surface area contributed by atoms with E-state index in [1.165, 1.54) is 37.4 Å². The van der Waals surface area contributed by atoms with E-state index in [2.05, 4.69) is 4.98 Å². The summed E-state index contributed by atoms with van der Waals surface area (Å²) < 4.78 is 25.9. The lowest BCUT2D eigenvalue weighted by Crippen LogP contribution is -2.38. The number of aromatic nitrogens is 1. The van der Waals surface area contributed by atoms with Gasteiger partial charge in [0.05, 0.1) is 38.6 Å². The minimum atomic E-state index is -0.705. The number of nitrogens with zero attached hydrogens (tertiary/aromatic N) is 2. The van der Waals surface area contributed by atoms with E-state index in [1.54, 1.807) is 31.2 Å². The zero-order valence-electron chi connectivity index (χ0n) is 17.8. The number of benzene rings is 1. The molecule has 0 saturated heterocycles. The Morgan fingerprint density at radius 3 is 2.56 bits per heavy atom. The monoisotopic (exact) mass is 442 g/mol. The van der Waals surface area contributed by atoms with Gasteiger partial charge >= 0.3 is 17.9 Å². The molecule has 0 bridgehead atoms. The normalized spacial score (nSPS) is 13.4. The summed E-state index contributed by atoms with van der Waals surface area (Å²) in [6, 6.07) is 9.70. The quantitative estimate of drug-likeness (QED) is 0.468. The highest BCUT2D eigenvalue weighted by atomic mass is 16.5. The molecule has 2 heterocycles. The second-order valence-electron chi connectivity index (χ2n) is 6.42. The van der Waals surface area contributed by atoms with E-state index in [9.17, 15) is 14.4 Å². The summed E-state index contributed by atoms with van der Waals surface area (Å²) in [6.45, 7) is 1.88. The zero-order valence-corrected chi connectivity index (χ0v) is 17.8. The molecule has 0 radical (unpaired) electrons. The Morgan fingerprint density at radius 1 is 1.06 bits per heavy atom. The molecule has 0 unspecified atom stereocenters. The highest BCUT2D eigenvalue weighted by Gasteiger charge is 2.32. The molecular weight excluding hydrogens is 420 g/mol. The second kappa shape index (κ2) is 10.4. The molecule has 2 aromatic rings. The van der Waals surface area contributed by atoms with E-state index in [0.29, 0.717) is 17.0 Å². The van der Waals surface area contributed by atoms with Crippen LogP contribution in [0.25, 0.3) is 0 Å². The summed E-state index contributed by atoms with van der Waals surface area (Å²) >= 11 is 0. The molecule has 0 atom stereocenters. The Labute approximate surface area is 184 Å². The largest absolute Gasteiger partial charge is 0.466 e. The van der Waals surface area contributed by atoms with Crippen LogP contribution >= 0.6 is 0 Å². The van der Waals surface area contributed by atoms with Crippen LogP contribution in [0.2, 0.25) is 0 Å². The van der Waals surface area contributed by atoms with Gasteiger partial charge in [-0.25, -0.2) is 19.4 Å². The number of ether oxygens (including phenoxy) is 5. The zero-order chi connectivity index (χ0) is 23.1. The van der Waals surface area contributed by atoms with Gasteiger partial charge in [0.15, 0.2) is 0 Å². The van der Waals surface area contributed by atoms with Gasteiger partial charge in [-0.15, -0.1) is 0 Å². The topological polar surface area (TPSA) is 113 Å². The number of hydrogen-bond acceptors (Lipinski definition) is 10. The number of carbonyl (C=O) groups is 3. The molecule has 0 aliphatic carbocycles. The van der Waals surface area contributed by atoms with Crippen LogP contribution in [0.3, 0.4) is 0 Å². The lowest BCUT2D eigenvalue weighted by molar-refractivity contribution is -0.140. The lowest BCUT2D eigenvalue weighted by Gasteiger charge is -2.31. The van der Waals surface area contributed by atoms with Crippen molar-refractivity contribution in [2.45, 2.75) is 6.92 Å². The van der Waals surface area contributed by atoms with Crippen LogP contribution in [-0.4, -0.2) is 57.1 Å². The smallest absolute Gasteiger partial charge is 0.355 e. The second-order valence-corrected chi connectivity index (χ2v) is 6.42. The van der Waals surface area contributed by atoms with Crippen LogP contribution in [0.5, 0.6) is 11.6 Å². The first-order chi connectivity index (χ1) is 15.5. The first-order valence-electron chi connectivity index (χ1n) is 9.64. The minimum absolute atomic E-state index is 0.00494. The molecule has 0 fully saturated rings. The van der Waals surface area contributed by atoms with E-state index in [-0.39, 0.29) is 37.1 Å². The number of methoxy groups -OCH3 is 2. The predicted octanol–water partition coefficient (Wildman–Crippen LogP) is 2.44. The van der Waals surface area contributed by atoms with Gasteiger partial charge in [-0.3, -0.25) is 0 Å². The molecule has 32 heavy (non-hydrogen) atoms. The fourth-order valence-corrected chi connectivity index (χ4v) is 2.99. The minimum Gasteiger partial charge on any atom is -0.466 e. The fraction of sp³-hybridized carbons (Fsp3) is 0.273. The Kier molecular flexibility index (Phi) is 7.40. The molecule has 168 valence electrons. The van der Waals surface area contributed by atoms with Crippen molar-refractivity contribution in [2.75, 3.05) is 39.1 Å². The maximum absolute atomic E-state index is 12.4. The molecular formula is C22H22N2O8. The Morgan fingerprint density at radius 2 is 1.84 bits per heavy atom. The highest BCUT2D eigenvalue weighted by Crippen LogP contribution is 2.30. The molecule has 1 aromatic heterocycles. The molecule has 1 aromatic carbocycles. The van der Waals surface area contributed by atoms with E-state index in [0.717, 1.165) is 0 Å². The number of hydrogen-bond donors (Lipinski definition) is 0. The van der Waals surface area contributed by atoms with Crippen LogP contribution in [0.15, 0.2) is 53.9 Å². The third kappa shape index (κ3) is 5.03. The molecule has 10 heteroatoms. The van der Waals surface area contributed by atoms with Crippen molar-refractivity contribution in [3.05, 3.63) is 59.4 Å². The maximum Gasteiger partial charge on any atom is 0.355 e. The Hall–Kier alpha value is -3.92. The standard InChI is InChI=1S/C22H22N2O8/c1-4-31-20(25)14-8-9-23-18(10-14)32-16-7-5-6-15(11-16)24-13-30-12-17(21(26)28-2)19(24)22(27)29-3/h5-11H,4,12-13H2,1-3H3. The van der Waals surface area contributed by atoms with E-state index >= 15 is 0 Å². The van der Waals surface area contributed by atoms with E-state index in [1.807, 2.05) is 0 Å². The van der Waals surface area contributed by atoms with Crippen molar-refractivity contribution in [1.82, 2.24) is 4.98 Å². The average molecular weight is 442 g/mol. The van der Waals surface area contributed by atoms with Gasteiger partial charge in [-0.05, 0) is 25.1 Å². The number of carbonyl (C=O) groups excluding carboxylic acids is 3. The fourth-order valence-electron chi connectivity index (χ4n) is 2.99. The first kappa shape index (κ1) is 22.8. The van der Waals surface area contributed by atoms with Gasteiger partial charge in [0.1, 0.15) is 18.2 Å². The molecule has 0 saturated carbocycles. The Balaban J connectivity index is 1.91. The molecule has 0 spiro atoms. The Bertz CT molecular complexity index is 1050. The number of esters is 3. The summed E-state index contributed by atoms with van der Waals surface area (Å²) in [5, 5.41) is 0. The van der Waals surface area contributed by atoms with E-state index in [4.69, 9.17) is 23.7 Å². The average Bonchev–Trinajstić information content (AvgIpc) is 2.83. The first-order valence-corrected chi connectivity index (χ1v) is 9.64. The predicted molar refractivity (Wildman–Crippen MR) is 111 cm³/mol. The van der Waals surface area contributed by atoms with Crippen molar-refractivity contribution in [2.24, 2.45) is 0 Å². The SMILES string of the molecule is CCOC(=O)c1ccnc(Oc2cccc(N3COCC(C(=O)OC)=C3C(=O)OC)c2)c1. The summed E-state index contributed by atoms with van der Waals surface area (Å²) in [4.78, 5) is 42.1. The van der Waals surface area contributed by atoms with Gasteiger partial charge in [0.2, 0.25) is 5.88 Å². The van der Waals surface area contributed by atoms with Crippen molar-refractivity contribution in [1.29, 1.82) is 0 Å². The van der Waals surface area contributed by atoms with Crippen LogP contribution in [-0.2, 0) is 28.5 Å². The van der Waals surface area contributed by atoms with Crippen molar-refractivity contribution in [3.8, 4) is 11.6 Å². The highest BCUT2D eigenvalue weighted by molar-refractivity contribution is 6.03. The number of anilines is 1.